The number of rotatable bonds is 3. The highest BCUT2D eigenvalue weighted by Crippen LogP contribution is 2.25. The van der Waals surface area contributed by atoms with Crippen LogP contribution in [-0.2, 0) is 0 Å². The first kappa shape index (κ1) is 16.8. The van der Waals surface area contributed by atoms with Crippen LogP contribution in [0.3, 0.4) is 0 Å². The quantitative estimate of drug-likeness (QED) is 0.825. The molecule has 2 aromatic carbocycles. The van der Waals surface area contributed by atoms with E-state index < -0.39 is 0 Å². The molecule has 0 saturated carbocycles. The van der Waals surface area contributed by atoms with E-state index in [4.69, 9.17) is 16.9 Å². The molecule has 0 spiro atoms. The van der Waals surface area contributed by atoms with Crippen LogP contribution in [0, 0.1) is 11.3 Å². The summed E-state index contributed by atoms with van der Waals surface area (Å²) in [7, 11) is 0. The van der Waals surface area contributed by atoms with Crippen LogP contribution in [0.4, 0.5) is 5.69 Å². The van der Waals surface area contributed by atoms with Crippen molar-refractivity contribution in [3.05, 3.63) is 64.7 Å². The third-order valence-corrected chi connectivity index (χ3v) is 5.01. The van der Waals surface area contributed by atoms with Crippen molar-refractivity contribution in [3.8, 4) is 6.07 Å². The molecule has 1 unspecified atom stereocenters. The summed E-state index contributed by atoms with van der Waals surface area (Å²) in [6.45, 7) is 6.40. The molecule has 0 bridgehead atoms. The van der Waals surface area contributed by atoms with E-state index in [2.05, 4.69) is 47.1 Å². The average Bonchev–Trinajstić information content (AvgIpc) is 2.87. The molecule has 4 heteroatoms. The zero-order chi connectivity index (χ0) is 16.9. The summed E-state index contributed by atoms with van der Waals surface area (Å²) < 4.78 is 0. The minimum atomic E-state index is 0.365. The van der Waals surface area contributed by atoms with Crippen molar-refractivity contribution in [3.63, 3.8) is 0 Å². The van der Waals surface area contributed by atoms with Crippen LogP contribution in [0.1, 0.15) is 30.5 Å². The van der Waals surface area contributed by atoms with Gasteiger partial charge in [-0.15, -0.1) is 0 Å². The van der Waals surface area contributed by atoms with Gasteiger partial charge in [-0.2, -0.15) is 5.26 Å². The molecule has 1 aliphatic rings. The molecule has 124 valence electrons. The summed E-state index contributed by atoms with van der Waals surface area (Å²) >= 11 is 6.14. The number of benzene rings is 2. The van der Waals surface area contributed by atoms with Gasteiger partial charge in [0.1, 0.15) is 0 Å². The van der Waals surface area contributed by atoms with Crippen LogP contribution < -0.4 is 4.90 Å². The minimum absolute atomic E-state index is 0.365. The van der Waals surface area contributed by atoms with Crippen molar-refractivity contribution >= 4 is 17.3 Å². The molecular formula is C20H22ClN3. The smallest absolute Gasteiger partial charge is 0.0991 e. The number of hydrogen-bond acceptors (Lipinski definition) is 3. The summed E-state index contributed by atoms with van der Waals surface area (Å²) in [5.41, 5.74) is 3.19. The van der Waals surface area contributed by atoms with Gasteiger partial charge in [-0.05, 0) is 55.3 Å². The fraction of sp³-hybridized carbons (Fsp3) is 0.350. The lowest BCUT2D eigenvalue weighted by atomic mass is 10.1. The average molecular weight is 340 g/mol. The lowest BCUT2D eigenvalue weighted by molar-refractivity contribution is 0.226. The van der Waals surface area contributed by atoms with Gasteiger partial charge in [-0.1, -0.05) is 23.7 Å². The number of nitrogens with zero attached hydrogens (tertiary/aromatic N) is 3. The number of nitriles is 1. The monoisotopic (exact) mass is 339 g/mol. The summed E-state index contributed by atoms with van der Waals surface area (Å²) in [6.07, 6.45) is 1.13. The topological polar surface area (TPSA) is 30.3 Å². The summed E-state index contributed by atoms with van der Waals surface area (Å²) in [4.78, 5) is 4.93. The zero-order valence-corrected chi connectivity index (χ0v) is 14.7. The van der Waals surface area contributed by atoms with Gasteiger partial charge in [0.05, 0.1) is 11.6 Å². The highest BCUT2D eigenvalue weighted by molar-refractivity contribution is 6.30. The zero-order valence-electron chi connectivity index (χ0n) is 14.0. The van der Waals surface area contributed by atoms with E-state index in [1.54, 1.807) is 0 Å². The van der Waals surface area contributed by atoms with E-state index >= 15 is 0 Å². The highest BCUT2D eigenvalue weighted by Gasteiger charge is 2.20. The predicted octanol–water partition coefficient (Wildman–Crippen LogP) is 4.48. The molecule has 0 radical (unpaired) electrons. The van der Waals surface area contributed by atoms with E-state index in [0.717, 1.165) is 37.6 Å². The Labute approximate surface area is 149 Å². The van der Waals surface area contributed by atoms with Gasteiger partial charge in [0.15, 0.2) is 0 Å². The molecule has 1 saturated heterocycles. The minimum Gasteiger partial charge on any atom is -0.370 e. The van der Waals surface area contributed by atoms with Crippen molar-refractivity contribution in [1.82, 2.24) is 4.90 Å². The molecule has 24 heavy (non-hydrogen) atoms. The molecule has 0 N–H and O–H groups in total. The molecule has 0 amide bonds. The first-order valence-electron chi connectivity index (χ1n) is 8.42. The summed E-state index contributed by atoms with van der Waals surface area (Å²) in [6, 6.07) is 18.6. The Kier molecular flexibility index (Phi) is 5.40. The van der Waals surface area contributed by atoms with Gasteiger partial charge in [0.2, 0.25) is 0 Å². The van der Waals surface area contributed by atoms with Crippen LogP contribution in [0.25, 0.3) is 0 Å². The highest BCUT2D eigenvalue weighted by atomic mass is 35.5. The molecule has 1 heterocycles. The van der Waals surface area contributed by atoms with Gasteiger partial charge in [0.25, 0.3) is 0 Å². The van der Waals surface area contributed by atoms with E-state index in [1.165, 1.54) is 11.3 Å². The molecule has 1 fully saturated rings. The van der Waals surface area contributed by atoms with Crippen LogP contribution in [-0.4, -0.2) is 31.1 Å². The van der Waals surface area contributed by atoms with Crippen molar-refractivity contribution in [2.45, 2.75) is 19.4 Å². The maximum absolute atomic E-state index is 8.93. The van der Waals surface area contributed by atoms with Gasteiger partial charge >= 0.3 is 0 Å². The molecule has 2 aromatic rings. The second kappa shape index (κ2) is 7.70. The lowest BCUT2D eigenvalue weighted by Gasteiger charge is -2.28. The van der Waals surface area contributed by atoms with Gasteiger partial charge in [0, 0.05) is 42.9 Å². The summed E-state index contributed by atoms with van der Waals surface area (Å²) in [5.74, 6) is 0. The second-order valence-electron chi connectivity index (χ2n) is 6.27. The lowest BCUT2D eigenvalue weighted by Crippen LogP contribution is -2.32. The Morgan fingerprint density at radius 1 is 1.04 bits per heavy atom. The van der Waals surface area contributed by atoms with Crippen molar-refractivity contribution in [1.29, 1.82) is 5.26 Å². The van der Waals surface area contributed by atoms with Crippen molar-refractivity contribution < 1.29 is 0 Å². The second-order valence-corrected chi connectivity index (χ2v) is 6.70. The Morgan fingerprint density at radius 2 is 1.83 bits per heavy atom. The van der Waals surface area contributed by atoms with Crippen molar-refractivity contribution in [2.24, 2.45) is 0 Å². The molecular weight excluding hydrogens is 318 g/mol. The van der Waals surface area contributed by atoms with Gasteiger partial charge < -0.3 is 4.90 Å². The van der Waals surface area contributed by atoms with Gasteiger partial charge in [-0.3, -0.25) is 4.90 Å². The normalized spacial score (nSPS) is 17.1. The molecule has 1 atom stereocenters. The van der Waals surface area contributed by atoms with Crippen LogP contribution in [0.2, 0.25) is 5.02 Å². The largest absolute Gasteiger partial charge is 0.370 e. The third kappa shape index (κ3) is 3.90. The van der Waals surface area contributed by atoms with Crippen molar-refractivity contribution in [2.75, 3.05) is 31.1 Å². The Balaban J connectivity index is 1.67. The van der Waals surface area contributed by atoms with E-state index in [1.807, 2.05) is 24.3 Å². The Hall–Kier alpha value is -2.02. The molecule has 1 aliphatic heterocycles. The number of hydrogen-bond donors (Lipinski definition) is 0. The van der Waals surface area contributed by atoms with E-state index in [0.29, 0.717) is 11.6 Å². The molecule has 3 rings (SSSR count). The van der Waals surface area contributed by atoms with E-state index in [-0.39, 0.29) is 0 Å². The van der Waals surface area contributed by atoms with Gasteiger partial charge in [-0.25, -0.2) is 0 Å². The van der Waals surface area contributed by atoms with Crippen LogP contribution in [0.15, 0.2) is 48.5 Å². The van der Waals surface area contributed by atoms with Crippen LogP contribution >= 0.6 is 11.6 Å². The molecule has 0 aliphatic carbocycles. The SMILES string of the molecule is CC(c1cccc(Cl)c1)N1CCCN(c2ccc(C#N)cc2)CC1. The fourth-order valence-corrected chi connectivity index (χ4v) is 3.51. The first-order chi connectivity index (χ1) is 11.7. The standard InChI is InChI=1S/C20H22ClN3/c1-16(18-4-2-5-19(21)14-18)23-10-3-11-24(13-12-23)20-8-6-17(15-22)7-9-20/h2,4-9,14,16H,3,10-13H2,1H3. The summed E-state index contributed by atoms with van der Waals surface area (Å²) in [5, 5.41) is 9.73. The molecule has 3 nitrogen and oxygen atoms in total. The first-order valence-corrected chi connectivity index (χ1v) is 8.80. The molecule has 0 aromatic heterocycles. The maximum atomic E-state index is 8.93. The Bertz CT molecular complexity index is 720. The third-order valence-electron chi connectivity index (χ3n) is 4.77. The van der Waals surface area contributed by atoms with E-state index in [9.17, 15) is 0 Å². The predicted molar refractivity (Wildman–Crippen MR) is 99.4 cm³/mol. The Morgan fingerprint density at radius 3 is 2.54 bits per heavy atom. The maximum Gasteiger partial charge on any atom is 0.0991 e. The van der Waals surface area contributed by atoms with Crippen LogP contribution in [0.5, 0.6) is 0 Å². The fourth-order valence-electron chi connectivity index (χ4n) is 3.31. The number of anilines is 1. The number of halogens is 1.